The molecule has 0 aromatic rings. The molecule has 86 valence electrons. The van der Waals surface area contributed by atoms with E-state index in [4.69, 9.17) is 9.84 Å². The lowest BCUT2D eigenvalue weighted by Gasteiger charge is -2.44. The number of hydrogen-bond acceptors (Lipinski definition) is 3. The lowest BCUT2D eigenvalue weighted by molar-refractivity contribution is -0.151. The molecule has 2 heterocycles. The van der Waals surface area contributed by atoms with Gasteiger partial charge in [0.2, 0.25) is 0 Å². The molecule has 0 amide bonds. The molecular weight excluding hydrogens is 194 g/mol. The van der Waals surface area contributed by atoms with Crippen molar-refractivity contribution in [3.05, 3.63) is 0 Å². The summed E-state index contributed by atoms with van der Waals surface area (Å²) in [7, 11) is 0. The molecule has 0 aromatic heterocycles. The summed E-state index contributed by atoms with van der Waals surface area (Å²) >= 11 is 0. The Hall–Kier alpha value is -0.610. The number of carboxylic acid groups (broad SMARTS) is 1. The highest BCUT2D eigenvalue weighted by molar-refractivity contribution is 5.73. The maximum absolute atomic E-state index is 11.1. The lowest BCUT2D eigenvalue weighted by atomic mass is 9.86. The Morgan fingerprint density at radius 3 is 2.80 bits per heavy atom. The summed E-state index contributed by atoms with van der Waals surface area (Å²) in [5.74, 6) is -0.668. The summed E-state index contributed by atoms with van der Waals surface area (Å²) in [5.41, 5.74) is 0.186. The van der Waals surface area contributed by atoms with E-state index in [2.05, 4.69) is 11.8 Å². The number of carboxylic acids is 1. The number of carbonyl (C=O) groups is 1. The van der Waals surface area contributed by atoms with Crippen LogP contribution >= 0.6 is 0 Å². The first kappa shape index (κ1) is 10.9. The van der Waals surface area contributed by atoms with Crippen LogP contribution < -0.4 is 0 Å². The Labute approximate surface area is 90.2 Å². The largest absolute Gasteiger partial charge is 0.480 e. The maximum atomic E-state index is 11.1. The molecule has 1 unspecified atom stereocenters. The van der Waals surface area contributed by atoms with Gasteiger partial charge in [0.05, 0.1) is 13.2 Å². The van der Waals surface area contributed by atoms with E-state index in [-0.39, 0.29) is 11.5 Å². The van der Waals surface area contributed by atoms with E-state index in [1.54, 1.807) is 0 Å². The van der Waals surface area contributed by atoms with Gasteiger partial charge in [-0.1, -0.05) is 13.3 Å². The van der Waals surface area contributed by atoms with Crippen LogP contribution in [0, 0.1) is 5.41 Å². The zero-order valence-corrected chi connectivity index (χ0v) is 9.24. The van der Waals surface area contributed by atoms with Crippen LogP contribution in [0.25, 0.3) is 0 Å². The van der Waals surface area contributed by atoms with Crippen LogP contribution in [0.3, 0.4) is 0 Å². The van der Waals surface area contributed by atoms with Gasteiger partial charge in [0.25, 0.3) is 0 Å². The summed E-state index contributed by atoms with van der Waals surface area (Å²) in [5, 5.41) is 9.12. The van der Waals surface area contributed by atoms with Gasteiger partial charge in [-0.25, -0.2) is 0 Å². The first-order valence-electron chi connectivity index (χ1n) is 5.65. The second-order valence-electron chi connectivity index (χ2n) is 5.12. The highest BCUT2D eigenvalue weighted by Gasteiger charge is 2.39. The molecule has 0 aliphatic carbocycles. The summed E-state index contributed by atoms with van der Waals surface area (Å²) in [6, 6.07) is -0.267. The van der Waals surface area contributed by atoms with Gasteiger partial charge in [-0.3, -0.25) is 9.69 Å². The first-order valence-corrected chi connectivity index (χ1v) is 5.65. The number of hydrogen-bond donors (Lipinski definition) is 1. The van der Waals surface area contributed by atoms with Gasteiger partial charge in [0.15, 0.2) is 0 Å². The quantitative estimate of drug-likeness (QED) is 0.758. The fourth-order valence-corrected chi connectivity index (χ4v) is 2.49. The van der Waals surface area contributed by atoms with Gasteiger partial charge in [0.1, 0.15) is 6.04 Å². The smallest absolute Gasteiger partial charge is 0.320 e. The fourth-order valence-electron chi connectivity index (χ4n) is 2.49. The molecule has 1 N–H and O–H groups in total. The van der Waals surface area contributed by atoms with Crippen molar-refractivity contribution in [1.29, 1.82) is 0 Å². The SMILES string of the molecule is CC1(CN2CCCCC2C(=O)O)COC1. The minimum Gasteiger partial charge on any atom is -0.480 e. The number of ether oxygens (including phenoxy) is 1. The van der Waals surface area contributed by atoms with E-state index in [0.717, 1.165) is 45.6 Å². The van der Waals surface area contributed by atoms with Crippen molar-refractivity contribution in [2.24, 2.45) is 5.41 Å². The summed E-state index contributed by atoms with van der Waals surface area (Å²) in [4.78, 5) is 13.2. The number of piperidine rings is 1. The van der Waals surface area contributed by atoms with Crippen LogP contribution in [-0.2, 0) is 9.53 Å². The van der Waals surface area contributed by atoms with Crippen LogP contribution in [0.2, 0.25) is 0 Å². The topological polar surface area (TPSA) is 49.8 Å². The minimum atomic E-state index is -0.668. The van der Waals surface area contributed by atoms with Gasteiger partial charge >= 0.3 is 5.97 Å². The summed E-state index contributed by atoms with van der Waals surface area (Å²) in [6.07, 6.45) is 2.97. The molecule has 2 saturated heterocycles. The average Bonchev–Trinajstić information content (AvgIpc) is 2.16. The molecule has 2 aliphatic heterocycles. The molecule has 0 spiro atoms. The van der Waals surface area contributed by atoms with Gasteiger partial charge in [0, 0.05) is 12.0 Å². The van der Waals surface area contributed by atoms with Crippen LogP contribution in [0.5, 0.6) is 0 Å². The highest BCUT2D eigenvalue weighted by atomic mass is 16.5. The molecule has 15 heavy (non-hydrogen) atoms. The second kappa shape index (κ2) is 4.10. The molecule has 2 fully saturated rings. The van der Waals surface area contributed by atoms with Crippen molar-refractivity contribution in [3.8, 4) is 0 Å². The Morgan fingerprint density at radius 1 is 1.53 bits per heavy atom. The monoisotopic (exact) mass is 213 g/mol. The maximum Gasteiger partial charge on any atom is 0.320 e. The van der Waals surface area contributed by atoms with Crippen LogP contribution in [0.15, 0.2) is 0 Å². The van der Waals surface area contributed by atoms with Crippen molar-refractivity contribution < 1.29 is 14.6 Å². The predicted molar refractivity (Wildman–Crippen MR) is 55.8 cm³/mol. The van der Waals surface area contributed by atoms with E-state index in [0.29, 0.717) is 0 Å². The third kappa shape index (κ3) is 2.32. The number of aliphatic carboxylic acids is 1. The standard InChI is InChI=1S/C11H19NO3/c1-11(7-15-8-11)6-12-5-3-2-4-9(12)10(13)14/h9H,2-8H2,1H3,(H,13,14). The zero-order valence-electron chi connectivity index (χ0n) is 9.24. The molecular formula is C11H19NO3. The molecule has 4 nitrogen and oxygen atoms in total. The summed E-state index contributed by atoms with van der Waals surface area (Å²) < 4.78 is 5.20. The lowest BCUT2D eigenvalue weighted by Crippen LogP contribution is -2.54. The van der Waals surface area contributed by atoms with Crippen molar-refractivity contribution in [1.82, 2.24) is 4.90 Å². The molecule has 0 saturated carbocycles. The van der Waals surface area contributed by atoms with E-state index in [9.17, 15) is 4.79 Å². The van der Waals surface area contributed by atoms with E-state index in [1.165, 1.54) is 0 Å². The molecule has 4 heteroatoms. The van der Waals surface area contributed by atoms with Gasteiger partial charge in [-0.05, 0) is 19.4 Å². The van der Waals surface area contributed by atoms with Gasteiger partial charge < -0.3 is 9.84 Å². The molecule has 0 bridgehead atoms. The number of nitrogens with zero attached hydrogens (tertiary/aromatic N) is 1. The molecule has 0 radical (unpaired) electrons. The Kier molecular flexibility index (Phi) is 2.98. The molecule has 2 rings (SSSR count). The minimum absolute atomic E-state index is 0.186. The molecule has 1 atom stereocenters. The molecule has 0 aromatic carbocycles. The van der Waals surface area contributed by atoms with E-state index in [1.807, 2.05) is 0 Å². The Morgan fingerprint density at radius 2 is 2.27 bits per heavy atom. The Balaban J connectivity index is 1.95. The van der Waals surface area contributed by atoms with E-state index < -0.39 is 5.97 Å². The van der Waals surface area contributed by atoms with Crippen LogP contribution in [0.4, 0.5) is 0 Å². The third-order valence-corrected chi connectivity index (χ3v) is 3.38. The second-order valence-corrected chi connectivity index (χ2v) is 5.12. The fraction of sp³-hybridized carbons (Fsp3) is 0.909. The van der Waals surface area contributed by atoms with E-state index >= 15 is 0 Å². The number of rotatable bonds is 3. The summed E-state index contributed by atoms with van der Waals surface area (Å²) in [6.45, 7) is 5.51. The molecule has 2 aliphatic rings. The number of likely N-dealkylation sites (tertiary alicyclic amines) is 1. The average molecular weight is 213 g/mol. The Bertz CT molecular complexity index is 250. The van der Waals surface area contributed by atoms with Crippen molar-refractivity contribution >= 4 is 5.97 Å². The van der Waals surface area contributed by atoms with Crippen molar-refractivity contribution in [2.75, 3.05) is 26.3 Å². The first-order chi connectivity index (χ1) is 7.11. The van der Waals surface area contributed by atoms with Crippen LogP contribution in [0.1, 0.15) is 26.2 Å². The third-order valence-electron chi connectivity index (χ3n) is 3.38. The highest BCUT2D eigenvalue weighted by Crippen LogP contribution is 2.30. The van der Waals surface area contributed by atoms with Crippen molar-refractivity contribution in [2.45, 2.75) is 32.2 Å². The van der Waals surface area contributed by atoms with Gasteiger partial charge in [-0.15, -0.1) is 0 Å². The van der Waals surface area contributed by atoms with Crippen molar-refractivity contribution in [3.63, 3.8) is 0 Å². The van der Waals surface area contributed by atoms with Crippen LogP contribution in [-0.4, -0.2) is 48.3 Å². The predicted octanol–water partition coefficient (Wildman–Crippen LogP) is 0.962. The normalized spacial score (nSPS) is 30.9. The zero-order chi connectivity index (χ0) is 10.9. The van der Waals surface area contributed by atoms with Gasteiger partial charge in [-0.2, -0.15) is 0 Å².